The molecule has 0 bridgehead atoms. The van der Waals surface area contributed by atoms with Gasteiger partial charge in [0.1, 0.15) is 11.8 Å². The first-order valence-corrected chi connectivity index (χ1v) is 8.20. The summed E-state index contributed by atoms with van der Waals surface area (Å²) in [5, 5.41) is 10.5. The fourth-order valence-electron chi connectivity index (χ4n) is 2.44. The molecule has 0 aliphatic rings. The molecule has 0 unspecified atom stereocenters. The number of aromatic nitrogens is 3. The lowest BCUT2D eigenvalue weighted by Crippen LogP contribution is -2.32. The van der Waals surface area contributed by atoms with E-state index in [4.69, 9.17) is 13.8 Å². The Morgan fingerprint density at radius 1 is 1.15 bits per heavy atom. The number of benzene rings is 1. The van der Waals surface area contributed by atoms with Gasteiger partial charge < -0.3 is 19.1 Å². The normalized spacial score (nSPS) is 12.2. The van der Waals surface area contributed by atoms with Crippen molar-refractivity contribution >= 4 is 5.91 Å². The molecule has 1 N–H and O–H groups in total. The summed E-state index contributed by atoms with van der Waals surface area (Å²) in [6.45, 7) is 5.64. The van der Waals surface area contributed by atoms with Gasteiger partial charge in [0, 0.05) is 11.6 Å². The van der Waals surface area contributed by atoms with Crippen molar-refractivity contribution in [3.05, 3.63) is 47.7 Å². The second-order valence-electron chi connectivity index (χ2n) is 6.18. The maximum absolute atomic E-state index is 12.5. The predicted molar refractivity (Wildman–Crippen MR) is 92.6 cm³/mol. The summed E-state index contributed by atoms with van der Waals surface area (Å²) in [5.41, 5.74) is 0.975. The van der Waals surface area contributed by atoms with Gasteiger partial charge in [-0.1, -0.05) is 24.2 Å². The minimum absolute atomic E-state index is 0.0618. The SMILES string of the molecule is COc1ccc(-c2cc(C(=O)N[C@@H](c3nc(C)no3)C(C)C)no2)cc1. The highest BCUT2D eigenvalue weighted by Gasteiger charge is 2.26. The second kappa shape index (κ2) is 7.38. The number of nitrogens with zero attached hydrogens (tertiary/aromatic N) is 3. The standard InChI is InChI=1S/C18H20N4O4/c1-10(2)16(18-19-11(3)21-26-18)20-17(23)14-9-15(25-22-14)12-5-7-13(24-4)8-6-12/h5-10,16H,1-4H3,(H,20,23)/t16-/m1/s1. The van der Waals surface area contributed by atoms with Gasteiger partial charge in [0.05, 0.1) is 7.11 Å². The number of hydrogen-bond donors (Lipinski definition) is 1. The van der Waals surface area contributed by atoms with Crippen LogP contribution in [0.5, 0.6) is 5.75 Å². The second-order valence-corrected chi connectivity index (χ2v) is 6.18. The number of carbonyl (C=O) groups is 1. The van der Waals surface area contributed by atoms with Crippen LogP contribution in [0, 0.1) is 12.8 Å². The topological polar surface area (TPSA) is 103 Å². The van der Waals surface area contributed by atoms with Gasteiger partial charge in [-0.2, -0.15) is 4.98 Å². The molecule has 8 heteroatoms. The monoisotopic (exact) mass is 356 g/mol. The predicted octanol–water partition coefficient (Wildman–Crippen LogP) is 3.17. The average Bonchev–Trinajstić information content (AvgIpc) is 3.28. The van der Waals surface area contributed by atoms with Crippen LogP contribution in [-0.2, 0) is 0 Å². The zero-order chi connectivity index (χ0) is 18.7. The Kier molecular flexibility index (Phi) is 5.01. The van der Waals surface area contributed by atoms with Crippen LogP contribution in [0.15, 0.2) is 39.4 Å². The molecule has 3 aromatic rings. The Labute approximate surface area is 150 Å². The average molecular weight is 356 g/mol. The van der Waals surface area contributed by atoms with Gasteiger partial charge in [0.25, 0.3) is 5.91 Å². The summed E-state index contributed by atoms with van der Waals surface area (Å²) in [6.07, 6.45) is 0. The third kappa shape index (κ3) is 3.74. The number of rotatable bonds is 6. The van der Waals surface area contributed by atoms with Gasteiger partial charge in [0.2, 0.25) is 5.89 Å². The minimum atomic E-state index is -0.412. The van der Waals surface area contributed by atoms with Gasteiger partial charge in [0.15, 0.2) is 17.3 Å². The lowest BCUT2D eigenvalue weighted by Gasteiger charge is -2.17. The van der Waals surface area contributed by atoms with Crippen LogP contribution in [0.25, 0.3) is 11.3 Å². The van der Waals surface area contributed by atoms with Crippen molar-refractivity contribution in [2.45, 2.75) is 26.8 Å². The van der Waals surface area contributed by atoms with Crippen LogP contribution in [0.4, 0.5) is 0 Å². The van der Waals surface area contributed by atoms with E-state index in [9.17, 15) is 4.79 Å². The first-order chi connectivity index (χ1) is 12.5. The van der Waals surface area contributed by atoms with Crippen molar-refractivity contribution in [1.29, 1.82) is 0 Å². The van der Waals surface area contributed by atoms with Gasteiger partial charge in [-0.15, -0.1) is 0 Å². The van der Waals surface area contributed by atoms with Crippen LogP contribution in [-0.4, -0.2) is 28.3 Å². The molecule has 0 aliphatic carbocycles. The Bertz CT molecular complexity index is 883. The van der Waals surface area contributed by atoms with E-state index < -0.39 is 6.04 Å². The smallest absolute Gasteiger partial charge is 0.274 e. The summed E-state index contributed by atoms with van der Waals surface area (Å²) < 4.78 is 15.6. The van der Waals surface area contributed by atoms with Gasteiger partial charge in [-0.3, -0.25) is 4.79 Å². The van der Waals surface area contributed by atoms with Crippen molar-refractivity contribution in [1.82, 2.24) is 20.6 Å². The van der Waals surface area contributed by atoms with Gasteiger partial charge in [-0.25, -0.2) is 0 Å². The molecule has 8 nitrogen and oxygen atoms in total. The molecule has 0 radical (unpaired) electrons. The van der Waals surface area contributed by atoms with E-state index in [1.807, 2.05) is 38.1 Å². The van der Waals surface area contributed by atoms with Crippen molar-refractivity contribution in [3.8, 4) is 17.1 Å². The summed E-state index contributed by atoms with van der Waals surface area (Å²) in [7, 11) is 1.60. The Hall–Kier alpha value is -3.16. The maximum Gasteiger partial charge on any atom is 0.274 e. The van der Waals surface area contributed by atoms with E-state index in [-0.39, 0.29) is 17.5 Å². The molecule has 1 aromatic carbocycles. The molecule has 136 valence electrons. The number of nitrogens with one attached hydrogen (secondary N) is 1. The zero-order valence-electron chi connectivity index (χ0n) is 15.0. The summed E-state index contributed by atoms with van der Waals surface area (Å²) in [4.78, 5) is 16.7. The summed E-state index contributed by atoms with van der Waals surface area (Å²) in [5.74, 6) is 1.80. The van der Waals surface area contributed by atoms with Crippen LogP contribution in [0.2, 0.25) is 0 Å². The Morgan fingerprint density at radius 2 is 1.88 bits per heavy atom. The third-order valence-corrected chi connectivity index (χ3v) is 3.88. The first kappa shape index (κ1) is 17.7. The quantitative estimate of drug-likeness (QED) is 0.723. The van der Waals surface area contributed by atoms with Crippen molar-refractivity contribution in [3.63, 3.8) is 0 Å². The van der Waals surface area contributed by atoms with E-state index in [0.29, 0.717) is 17.5 Å². The maximum atomic E-state index is 12.5. The fourth-order valence-corrected chi connectivity index (χ4v) is 2.44. The Balaban J connectivity index is 1.76. The molecule has 0 fully saturated rings. The first-order valence-electron chi connectivity index (χ1n) is 8.20. The highest BCUT2D eigenvalue weighted by Crippen LogP contribution is 2.24. The third-order valence-electron chi connectivity index (χ3n) is 3.88. The molecule has 2 heterocycles. The summed E-state index contributed by atoms with van der Waals surface area (Å²) in [6, 6.07) is 8.46. The largest absolute Gasteiger partial charge is 0.497 e. The summed E-state index contributed by atoms with van der Waals surface area (Å²) >= 11 is 0. The zero-order valence-corrected chi connectivity index (χ0v) is 15.0. The highest BCUT2D eigenvalue weighted by molar-refractivity contribution is 5.93. The lowest BCUT2D eigenvalue weighted by molar-refractivity contribution is 0.0904. The van der Waals surface area contributed by atoms with Crippen LogP contribution in [0.3, 0.4) is 0 Å². The number of hydrogen-bond acceptors (Lipinski definition) is 7. The van der Waals surface area contributed by atoms with Crippen LogP contribution in [0.1, 0.15) is 42.1 Å². The molecular weight excluding hydrogens is 336 g/mol. The number of carbonyl (C=O) groups excluding carboxylic acids is 1. The minimum Gasteiger partial charge on any atom is -0.497 e. The number of ether oxygens (including phenoxy) is 1. The van der Waals surface area contributed by atoms with Crippen LogP contribution < -0.4 is 10.1 Å². The molecule has 0 saturated heterocycles. The van der Waals surface area contributed by atoms with Crippen LogP contribution >= 0.6 is 0 Å². The highest BCUT2D eigenvalue weighted by atomic mass is 16.5. The number of amides is 1. The number of aryl methyl sites for hydroxylation is 1. The van der Waals surface area contributed by atoms with E-state index in [1.165, 1.54) is 0 Å². The molecule has 0 spiro atoms. The van der Waals surface area contributed by atoms with E-state index in [1.54, 1.807) is 20.1 Å². The van der Waals surface area contributed by atoms with E-state index in [0.717, 1.165) is 11.3 Å². The molecule has 0 aliphatic heterocycles. The fraction of sp³-hybridized carbons (Fsp3) is 0.333. The van der Waals surface area contributed by atoms with Gasteiger partial charge in [-0.05, 0) is 37.1 Å². The van der Waals surface area contributed by atoms with E-state index >= 15 is 0 Å². The molecule has 2 aromatic heterocycles. The van der Waals surface area contributed by atoms with Crippen molar-refractivity contribution < 1.29 is 18.6 Å². The molecule has 3 rings (SSSR count). The molecule has 0 saturated carbocycles. The van der Waals surface area contributed by atoms with E-state index in [2.05, 4.69) is 20.6 Å². The molecule has 1 amide bonds. The van der Waals surface area contributed by atoms with Crippen molar-refractivity contribution in [2.75, 3.05) is 7.11 Å². The molecule has 1 atom stereocenters. The van der Waals surface area contributed by atoms with Gasteiger partial charge >= 0.3 is 0 Å². The number of methoxy groups -OCH3 is 1. The Morgan fingerprint density at radius 3 is 2.46 bits per heavy atom. The molecular formula is C18H20N4O4. The molecule has 26 heavy (non-hydrogen) atoms. The lowest BCUT2D eigenvalue weighted by atomic mass is 10.0. The van der Waals surface area contributed by atoms with Crippen molar-refractivity contribution in [2.24, 2.45) is 5.92 Å².